The number of hydrogen-bond donors (Lipinski definition) is 2. The predicted molar refractivity (Wildman–Crippen MR) is 62.4 cm³/mol. The van der Waals surface area contributed by atoms with Crippen LogP contribution in [0.2, 0.25) is 0 Å². The summed E-state index contributed by atoms with van der Waals surface area (Å²) in [5.74, 6) is -0.758. The summed E-state index contributed by atoms with van der Waals surface area (Å²) >= 11 is 0. The highest BCUT2D eigenvalue weighted by Gasteiger charge is 2.44. The van der Waals surface area contributed by atoms with Gasteiger partial charge < -0.3 is 5.11 Å². The first kappa shape index (κ1) is 11.1. The van der Waals surface area contributed by atoms with Gasteiger partial charge in [-0.3, -0.25) is 5.32 Å². The zero-order valence-electron chi connectivity index (χ0n) is 9.49. The Morgan fingerprint density at radius 2 is 2.25 bits per heavy atom. The molecule has 1 atom stereocenters. The molecule has 1 aliphatic carbocycles. The third-order valence-electron chi connectivity index (χ3n) is 3.29. The van der Waals surface area contributed by atoms with Crippen LogP contribution in [0.15, 0.2) is 24.3 Å². The fraction of sp³-hybridized carbons (Fsp3) is 0.462. The quantitative estimate of drug-likeness (QED) is 0.813. The number of aryl methyl sites for hydroxylation is 1. The molecule has 0 spiro atoms. The molecule has 1 aromatic carbocycles. The molecule has 3 nitrogen and oxygen atoms in total. The minimum Gasteiger partial charge on any atom is -0.480 e. The van der Waals surface area contributed by atoms with Crippen LogP contribution in [-0.4, -0.2) is 17.6 Å². The molecule has 3 heteroatoms. The second-order valence-corrected chi connectivity index (χ2v) is 4.29. The highest BCUT2D eigenvalue weighted by molar-refractivity contribution is 5.82. The first-order valence-corrected chi connectivity index (χ1v) is 5.77. The summed E-state index contributed by atoms with van der Waals surface area (Å²) in [6.45, 7) is 2.78. The van der Waals surface area contributed by atoms with Gasteiger partial charge in [0.05, 0.1) is 0 Å². The minimum atomic E-state index is -0.855. The van der Waals surface area contributed by atoms with Crippen molar-refractivity contribution in [3.05, 3.63) is 35.4 Å². The highest BCUT2D eigenvalue weighted by atomic mass is 16.4. The number of carboxylic acids is 1. The molecule has 0 saturated carbocycles. The first-order valence-electron chi connectivity index (χ1n) is 5.77. The van der Waals surface area contributed by atoms with Crippen molar-refractivity contribution < 1.29 is 9.90 Å². The molecule has 0 aliphatic heterocycles. The molecule has 0 heterocycles. The second kappa shape index (κ2) is 4.26. The number of rotatable bonds is 4. The van der Waals surface area contributed by atoms with E-state index in [1.807, 2.05) is 31.2 Å². The summed E-state index contributed by atoms with van der Waals surface area (Å²) in [5.41, 5.74) is 1.25. The minimum absolute atomic E-state index is 0.654. The Morgan fingerprint density at radius 3 is 2.94 bits per heavy atom. The van der Waals surface area contributed by atoms with E-state index in [-0.39, 0.29) is 0 Å². The molecule has 1 aromatic rings. The molecule has 0 aromatic heterocycles. The molecule has 0 saturated heterocycles. The van der Waals surface area contributed by atoms with Gasteiger partial charge in [0.25, 0.3) is 0 Å². The number of carbonyl (C=O) groups is 1. The van der Waals surface area contributed by atoms with Gasteiger partial charge in [-0.1, -0.05) is 31.2 Å². The van der Waals surface area contributed by atoms with Crippen molar-refractivity contribution in [1.29, 1.82) is 0 Å². The standard InChI is InChI=1S/C13H17NO2/c1-2-9-14-13(12(15)16)8-7-10-5-3-4-6-11(10)13/h3-6,14H,2,7-9H2,1H3,(H,15,16). The second-order valence-electron chi connectivity index (χ2n) is 4.29. The summed E-state index contributed by atoms with van der Waals surface area (Å²) in [6.07, 6.45) is 2.44. The lowest BCUT2D eigenvalue weighted by molar-refractivity contribution is -0.145. The molecule has 1 unspecified atom stereocenters. The lowest BCUT2D eigenvalue weighted by Crippen LogP contribution is -2.47. The maximum atomic E-state index is 11.5. The topological polar surface area (TPSA) is 49.3 Å². The Morgan fingerprint density at radius 1 is 1.50 bits per heavy atom. The van der Waals surface area contributed by atoms with Gasteiger partial charge in [0, 0.05) is 0 Å². The van der Waals surface area contributed by atoms with Gasteiger partial charge >= 0.3 is 5.97 Å². The molecule has 0 amide bonds. The molecule has 1 aliphatic rings. The van der Waals surface area contributed by atoms with Crippen LogP contribution >= 0.6 is 0 Å². The molecule has 2 rings (SSSR count). The highest BCUT2D eigenvalue weighted by Crippen LogP contribution is 2.36. The first-order chi connectivity index (χ1) is 7.70. The maximum Gasteiger partial charge on any atom is 0.328 e. The lowest BCUT2D eigenvalue weighted by atomic mass is 9.91. The average molecular weight is 219 g/mol. The van der Waals surface area contributed by atoms with Crippen LogP contribution in [0.25, 0.3) is 0 Å². The van der Waals surface area contributed by atoms with E-state index in [2.05, 4.69) is 5.32 Å². The van der Waals surface area contributed by atoms with E-state index < -0.39 is 11.5 Å². The van der Waals surface area contributed by atoms with Crippen molar-refractivity contribution in [2.75, 3.05) is 6.54 Å². The van der Waals surface area contributed by atoms with Gasteiger partial charge in [-0.15, -0.1) is 0 Å². The van der Waals surface area contributed by atoms with Gasteiger partial charge in [0.15, 0.2) is 0 Å². The summed E-state index contributed by atoms with van der Waals surface area (Å²) in [4.78, 5) is 11.5. The molecule has 16 heavy (non-hydrogen) atoms. The van der Waals surface area contributed by atoms with E-state index in [1.54, 1.807) is 0 Å². The van der Waals surface area contributed by atoms with Gasteiger partial charge in [-0.2, -0.15) is 0 Å². The van der Waals surface area contributed by atoms with Crippen LogP contribution in [0.4, 0.5) is 0 Å². The number of aliphatic carboxylic acids is 1. The van der Waals surface area contributed by atoms with Crippen molar-refractivity contribution in [2.24, 2.45) is 0 Å². The summed E-state index contributed by atoms with van der Waals surface area (Å²) in [7, 11) is 0. The fourth-order valence-corrected chi connectivity index (χ4v) is 2.43. The molecule has 0 fully saturated rings. The van der Waals surface area contributed by atoms with Crippen molar-refractivity contribution in [1.82, 2.24) is 5.32 Å². The summed E-state index contributed by atoms with van der Waals surface area (Å²) < 4.78 is 0. The van der Waals surface area contributed by atoms with Gasteiger partial charge in [-0.25, -0.2) is 4.79 Å². The van der Waals surface area contributed by atoms with Gasteiger partial charge in [-0.05, 0) is 36.9 Å². The van der Waals surface area contributed by atoms with Crippen molar-refractivity contribution in [2.45, 2.75) is 31.7 Å². The van der Waals surface area contributed by atoms with Crippen molar-refractivity contribution in [3.8, 4) is 0 Å². The third-order valence-corrected chi connectivity index (χ3v) is 3.29. The van der Waals surface area contributed by atoms with Crippen LogP contribution in [0.5, 0.6) is 0 Å². The van der Waals surface area contributed by atoms with Crippen LogP contribution in [0.3, 0.4) is 0 Å². The average Bonchev–Trinajstić information content (AvgIpc) is 2.67. The van der Waals surface area contributed by atoms with E-state index in [0.717, 1.165) is 30.5 Å². The maximum absolute atomic E-state index is 11.5. The zero-order chi connectivity index (χ0) is 11.6. The molecule has 86 valence electrons. The Labute approximate surface area is 95.5 Å². The SMILES string of the molecule is CCCNC1(C(=O)O)CCc2ccccc21. The van der Waals surface area contributed by atoms with Crippen LogP contribution in [0.1, 0.15) is 30.9 Å². The Hall–Kier alpha value is -1.35. The summed E-state index contributed by atoms with van der Waals surface area (Å²) in [6, 6.07) is 7.83. The van der Waals surface area contributed by atoms with Crippen molar-refractivity contribution >= 4 is 5.97 Å². The number of fused-ring (bicyclic) bond motifs is 1. The van der Waals surface area contributed by atoms with Crippen LogP contribution < -0.4 is 5.32 Å². The lowest BCUT2D eigenvalue weighted by Gasteiger charge is -2.27. The van der Waals surface area contributed by atoms with Crippen LogP contribution in [0, 0.1) is 0 Å². The zero-order valence-corrected chi connectivity index (χ0v) is 9.49. The number of hydrogen-bond acceptors (Lipinski definition) is 2. The van der Waals surface area contributed by atoms with E-state index in [0.29, 0.717) is 6.42 Å². The smallest absolute Gasteiger partial charge is 0.328 e. The predicted octanol–water partition coefficient (Wildman–Crippen LogP) is 1.91. The summed E-state index contributed by atoms with van der Waals surface area (Å²) in [5, 5.41) is 12.7. The fourth-order valence-electron chi connectivity index (χ4n) is 2.43. The monoisotopic (exact) mass is 219 g/mol. The number of nitrogens with one attached hydrogen (secondary N) is 1. The van der Waals surface area contributed by atoms with Crippen molar-refractivity contribution in [3.63, 3.8) is 0 Å². The molecular formula is C13H17NO2. The largest absolute Gasteiger partial charge is 0.480 e. The van der Waals surface area contributed by atoms with E-state index >= 15 is 0 Å². The van der Waals surface area contributed by atoms with Gasteiger partial charge in [0.1, 0.15) is 5.54 Å². The van der Waals surface area contributed by atoms with E-state index in [1.165, 1.54) is 0 Å². The van der Waals surface area contributed by atoms with Gasteiger partial charge in [0.2, 0.25) is 0 Å². The van der Waals surface area contributed by atoms with E-state index in [4.69, 9.17) is 0 Å². The molecular weight excluding hydrogens is 202 g/mol. The Balaban J connectivity index is 2.39. The molecule has 0 bridgehead atoms. The Bertz CT molecular complexity index is 403. The van der Waals surface area contributed by atoms with Crippen LogP contribution in [-0.2, 0) is 16.8 Å². The molecule has 2 N–H and O–H groups in total. The number of carboxylic acid groups (broad SMARTS) is 1. The normalized spacial score (nSPS) is 23.1. The number of benzene rings is 1. The Kier molecular flexibility index (Phi) is 2.97. The third kappa shape index (κ3) is 1.61. The molecule has 0 radical (unpaired) electrons. The van der Waals surface area contributed by atoms with E-state index in [9.17, 15) is 9.90 Å².